The molecule has 0 spiro atoms. The molecule has 144 valence electrons. The van der Waals surface area contributed by atoms with E-state index >= 15 is 0 Å². The molecule has 6 heteroatoms. The van der Waals surface area contributed by atoms with E-state index in [9.17, 15) is 8.42 Å². The first-order valence-corrected chi connectivity index (χ1v) is 10.9. The molecule has 0 unspecified atom stereocenters. The van der Waals surface area contributed by atoms with Gasteiger partial charge >= 0.3 is 0 Å². The average molecular weight is 371 g/mol. The third-order valence-electron chi connectivity index (χ3n) is 4.33. The van der Waals surface area contributed by atoms with Crippen molar-refractivity contribution in [2.75, 3.05) is 19.4 Å². The molecule has 1 rings (SSSR count). The summed E-state index contributed by atoms with van der Waals surface area (Å²) in [4.78, 5) is 0.179. The number of benzene rings is 1. The van der Waals surface area contributed by atoms with Gasteiger partial charge in [-0.25, -0.2) is 13.1 Å². The van der Waals surface area contributed by atoms with Crippen LogP contribution >= 0.6 is 0 Å². The van der Waals surface area contributed by atoms with E-state index in [0.29, 0.717) is 18.0 Å². The third kappa shape index (κ3) is 8.59. The van der Waals surface area contributed by atoms with Gasteiger partial charge in [0.05, 0.1) is 17.7 Å². The Morgan fingerprint density at radius 1 is 0.960 bits per heavy atom. The molecular weight excluding hydrogens is 336 g/mol. The van der Waals surface area contributed by atoms with Crippen LogP contribution in [-0.4, -0.2) is 22.1 Å². The molecule has 25 heavy (non-hydrogen) atoms. The lowest BCUT2D eigenvalue weighted by Gasteiger charge is -2.09. The van der Waals surface area contributed by atoms with Gasteiger partial charge in [-0.1, -0.05) is 64.7 Å². The van der Waals surface area contributed by atoms with Crippen molar-refractivity contribution in [1.82, 2.24) is 4.72 Å². The van der Waals surface area contributed by atoms with Crippen molar-refractivity contribution >= 4 is 15.7 Å². The average Bonchev–Trinajstić information content (AvgIpc) is 2.59. The van der Waals surface area contributed by atoms with Gasteiger partial charge in [-0.05, 0) is 24.6 Å². The summed E-state index contributed by atoms with van der Waals surface area (Å²) in [6.07, 6.45) is 12.3. The van der Waals surface area contributed by atoms with Crippen molar-refractivity contribution in [2.24, 2.45) is 0 Å². The predicted octanol–water partition coefficient (Wildman–Crippen LogP) is 4.48. The second-order valence-electron chi connectivity index (χ2n) is 6.48. The van der Waals surface area contributed by atoms with Crippen LogP contribution < -0.4 is 15.2 Å². The van der Waals surface area contributed by atoms with Crippen LogP contribution in [0.1, 0.15) is 71.1 Å². The number of methoxy groups -OCH3 is 1. The summed E-state index contributed by atoms with van der Waals surface area (Å²) in [7, 11) is -2.00. The van der Waals surface area contributed by atoms with Crippen LogP contribution in [0.2, 0.25) is 0 Å². The lowest BCUT2D eigenvalue weighted by molar-refractivity contribution is 0.416. The first-order chi connectivity index (χ1) is 12.0. The number of hydrogen-bond donors (Lipinski definition) is 2. The van der Waals surface area contributed by atoms with E-state index in [-0.39, 0.29) is 4.90 Å². The van der Waals surface area contributed by atoms with Crippen LogP contribution in [0.25, 0.3) is 0 Å². The Morgan fingerprint density at radius 2 is 1.52 bits per heavy atom. The van der Waals surface area contributed by atoms with Crippen molar-refractivity contribution in [2.45, 2.75) is 76.0 Å². The number of hydrogen-bond acceptors (Lipinski definition) is 4. The zero-order valence-corrected chi connectivity index (χ0v) is 16.5. The van der Waals surface area contributed by atoms with Crippen molar-refractivity contribution in [3.05, 3.63) is 18.2 Å². The molecule has 0 aliphatic rings. The molecule has 3 N–H and O–H groups in total. The van der Waals surface area contributed by atoms with E-state index in [4.69, 9.17) is 10.5 Å². The molecule has 1 aromatic rings. The van der Waals surface area contributed by atoms with Crippen LogP contribution in [0.4, 0.5) is 5.69 Å². The van der Waals surface area contributed by atoms with Crippen LogP contribution in [0, 0.1) is 0 Å². The second-order valence-corrected chi connectivity index (χ2v) is 8.25. The van der Waals surface area contributed by atoms with E-state index in [1.54, 1.807) is 6.07 Å². The minimum absolute atomic E-state index is 0.179. The number of sulfonamides is 1. The number of rotatable bonds is 14. The number of anilines is 1. The molecule has 0 heterocycles. The molecular formula is C19H34N2O3S. The normalized spacial score (nSPS) is 11.6. The van der Waals surface area contributed by atoms with Gasteiger partial charge < -0.3 is 10.5 Å². The van der Waals surface area contributed by atoms with Crippen molar-refractivity contribution in [3.63, 3.8) is 0 Å². The Labute approximate surface area is 153 Å². The molecule has 0 bridgehead atoms. The number of nitrogen functional groups attached to an aromatic ring is 1. The van der Waals surface area contributed by atoms with Gasteiger partial charge in [0.15, 0.2) is 0 Å². The Balaban J connectivity index is 2.17. The largest absolute Gasteiger partial charge is 0.495 e. The molecule has 0 saturated heterocycles. The van der Waals surface area contributed by atoms with Gasteiger partial charge in [0.2, 0.25) is 10.0 Å². The zero-order valence-electron chi connectivity index (χ0n) is 15.7. The van der Waals surface area contributed by atoms with Gasteiger partial charge in [0, 0.05) is 6.54 Å². The fourth-order valence-electron chi connectivity index (χ4n) is 2.78. The molecule has 5 nitrogen and oxygen atoms in total. The summed E-state index contributed by atoms with van der Waals surface area (Å²) in [6.45, 7) is 2.70. The molecule has 0 aromatic heterocycles. The lowest BCUT2D eigenvalue weighted by atomic mass is 10.1. The number of ether oxygens (including phenoxy) is 1. The molecule has 0 atom stereocenters. The number of unbranched alkanes of at least 4 members (excludes halogenated alkanes) is 9. The van der Waals surface area contributed by atoms with Crippen LogP contribution in [0.15, 0.2) is 23.1 Å². The molecule has 0 amide bonds. The molecule has 0 fully saturated rings. The highest BCUT2D eigenvalue weighted by molar-refractivity contribution is 7.89. The predicted molar refractivity (Wildman–Crippen MR) is 104 cm³/mol. The minimum Gasteiger partial charge on any atom is -0.495 e. The van der Waals surface area contributed by atoms with Gasteiger partial charge in [-0.15, -0.1) is 0 Å². The fraction of sp³-hybridized carbons (Fsp3) is 0.684. The molecule has 1 aromatic carbocycles. The van der Waals surface area contributed by atoms with E-state index < -0.39 is 10.0 Å². The smallest absolute Gasteiger partial charge is 0.240 e. The maximum absolute atomic E-state index is 12.2. The summed E-state index contributed by atoms with van der Waals surface area (Å²) in [5.74, 6) is 0.480. The van der Waals surface area contributed by atoms with Gasteiger partial charge in [0.25, 0.3) is 0 Å². The monoisotopic (exact) mass is 370 g/mol. The highest BCUT2D eigenvalue weighted by Gasteiger charge is 2.14. The minimum atomic E-state index is -3.50. The summed E-state index contributed by atoms with van der Waals surface area (Å²) in [5, 5.41) is 0. The van der Waals surface area contributed by atoms with Crippen LogP contribution in [0.5, 0.6) is 5.75 Å². The maximum atomic E-state index is 12.2. The number of nitrogens with two attached hydrogens (primary N) is 1. The first kappa shape index (κ1) is 21.8. The summed E-state index contributed by atoms with van der Waals surface area (Å²) >= 11 is 0. The molecule has 0 aliphatic heterocycles. The summed E-state index contributed by atoms with van der Waals surface area (Å²) in [6, 6.07) is 4.51. The summed E-state index contributed by atoms with van der Waals surface area (Å²) in [5.41, 5.74) is 6.10. The number of nitrogens with one attached hydrogen (secondary N) is 1. The fourth-order valence-corrected chi connectivity index (χ4v) is 3.89. The van der Waals surface area contributed by atoms with Crippen LogP contribution in [0.3, 0.4) is 0 Å². The lowest BCUT2D eigenvalue weighted by Crippen LogP contribution is -2.24. The van der Waals surface area contributed by atoms with Crippen molar-refractivity contribution < 1.29 is 13.2 Å². The molecule has 0 radical (unpaired) electrons. The maximum Gasteiger partial charge on any atom is 0.240 e. The van der Waals surface area contributed by atoms with Gasteiger partial charge in [-0.2, -0.15) is 0 Å². The Bertz CT molecular complexity index is 588. The summed E-state index contributed by atoms with van der Waals surface area (Å²) < 4.78 is 32.2. The molecule has 0 saturated carbocycles. The Hall–Kier alpha value is -1.27. The van der Waals surface area contributed by atoms with Gasteiger partial charge in [-0.3, -0.25) is 0 Å². The highest BCUT2D eigenvalue weighted by Crippen LogP contribution is 2.24. The highest BCUT2D eigenvalue weighted by atomic mass is 32.2. The van der Waals surface area contributed by atoms with E-state index in [2.05, 4.69) is 11.6 Å². The Kier molecular flexibility index (Phi) is 10.6. The zero-order chi connectivity index (χ0) is 18.5. The van der Waals surface area contributed by atoms with Crippen LogP contribution in [-0.2, 0) is 10.0 Å². The van der Waals surface area contributed by atoms with Gasteiger partial charge in [0.1, 0.15) is 5.75 Å². The SMILES string of the molecule is CCCCCCCCCCCCNS(=O)(=O)c1ccc(OC)c(N)c1. The first-order valence-electron chi connectivity index (χ1n) is 9.44. The van der Waals surface area contributed by atoms with Crippen molar-refractivity contribution in [1.29, 1.82) is 0 Å². The topological polar surface area (TPSA) is 81.4 Å². The Morgan fingerprint density at radius 3 is 2.04 bits per heavy atom. The van der Waals surface area contributed by atoms with E-state index in [1.165, 1.54) is 70.6 Å². The van der Waals surface area contributed by atoms with E-state index in [0.717, 1.165) is 12.8 Å². The quantitative estimate of drug-likeness (QED) is 0.374. The molecule has 0 aliphatic carbocycles. The van der Waals surface area contributed by atoms with E-state index in [1.807, 2.05) is 0 Å². The van der Waals surface area contributed by atoms with Crippen molar-refractivity contribution in [3.8, 4) is 5.75 Å². The second kappa shape index (κ2) is 12.1. The standard InChI is InChI=1S/C19H34N2O3S/c1-3-4-5-6-7-8-9-10-11-12-15-21-25(22,23)17-13-14-19(24-2)18(20)16-17/h13-14,16,21H,3-12,15,20H2,1-2H3. The third-order valence-corrected chi connectivity index (χ3v) is 5.79.